The van der Waals surface area contributed by atoms with E-state index in [4.69, 9.17) is 4.42 Å². The number of hydrogen-bond acceptors (Lipinski definition) is 2. The molecule has 2 nitrogen and oxygen atoms in total. The lowest BCUT2D eigenvalue weighted by atomic mass is 9.72. The third-order valence-corrected chi connectivity index (χ3v) is 12.2. The summed E-state index contributed by atoms with van der Waals surface area (Å²) in [5.74, 6) is 0. The topological polar surface area (TPSA) is 16.4 Å². The molecular formula is C56H39NO. The molecule has 0 saturated carbocycles. The van der Waals surface area contributed by atoms with Gasteiger partial charge in [0.25, 0.3) is 0 Å². The van der Waals surface area contributed by atoms with Crippen molar-refractivity contribution in [2.75, 3.05) is 4.90 Å². The number of para-hydroxylation sites is 1. The van der Waals surface area contributed by atoms with Crippen LogP contribution in [0.1, 0.15) is 23.6 Å². The summed E-state index contributed by atoms with van der Waals surface area (Å²) in [5, 5.41) is 2.32. The minimum Gasteiger partial charge on any atom is -0.456 e. The molecule has 1 aromatic heterocycles. The molecule has 0 radical (unpaired) electrons. The second-order valence-electron chi connectivity index (χ2n) is 15.4. The Kier molecular flexibility index (Phi) is 7.97. The van der Waals surface area contributed by atoms with E-state index in [1.807, 2.05) is 0 Å². The van der Waals surface area contributed by atoms with Crippen molar-refractivity contribution in [2.24, 2.45) is 0 Å². The Hall–Kier alpha value is -7.42. The zero-order valence-corrected chi connectivity index (χ0v) is 32.1. The molecule has 0 bridgehead atoms. The van der Waals surface area contributed by atoms with Gasteiger partial charge in [-0.3, -0.25) is 0 Å². The van der Waals surface area contributed by atoms with E-state index >= 15 is 0 Å². The van der Waals surface area contributed by atoms with E-state index in [-0.39, 0.29) is 5.41 Å². The molecule has 0 N–H and O–H groups in total. The van der Waals surface area contributed by atoms with Crippen LogP contribution in [0.4, 0.5) is 17.1 Å². The van der Waals surface area contributed by atoms with Gasteiger partial charge in [0, 0.05) is 33.2 Å². The average molecular weight is 742 g/mol. The molecule has 10 aromatic rings. The molecule has 1 aliphatic rings. The Morgan fingerprint density at radius 1 is 0.345 bits per heavy atom. The summed E-state index contributed by atoms with van der Waals surface area (Å²) < 4.78 is 6.69. The predicted octanol–water partition coefficient (Wildman–Crippen LogP) is 15.4. The first-order valence-electron chi connectivity index (χ1n) is 20.0. The van der Waals surface area contributed by atoms with Crippen molar-refractivity contribution in [3.63, 3.8) is 0 Å². The van der Waals surface area contributed by atoms with Gasteiger partial charge in [0.2, 0.25) is 0 Å². The molecule has 0 atom stereocenters. The molecule has 1 aliphatic carbocycles. The molecule has 9 aromatic carbocycles. The maximum atomic E-state index is 6.69. The van der Waals surface area contributed by atoms with Crippen LogP contribution in [0.25, 0.3) is 66.4 Å². The Bertz CT molecular complexity index is 2960. The maximum Gasteiger partial charge on any atom is 0.136 e. The van der Waals surface area contributed by atoms with E-state index in [2.05, 4.69) is 230 Å². The van der Waals surface area contributed by atoms with Crippen LogP contribution in [0, 0.1) is 0 Å². The monoisotopic (exact) mass is 741 g/mol. The van der Waals surface area contributed by atoms with E-state index in [0.29, 0.717) is 0 Å². The number of nitrogens with zero attached hydrogens (tertiary/aromatic N) is 1. The molecule has 58 heavy (non-hydrogen) atoms. The van der Waals surface area contributed by atoms with Gasteiger partial charge in [-0.1, -0.05) is 164 Å². The Morgan fingerprint density at radius 2 is 0.759 bits per heavy atom. The van der Waals surface area contributed by atoms with Gasteiger partial charge in [-0.25, -0.2) is 0 Å². The normalized spacial score (nSPS) is 12.7. The lowest BCUT2D eigenvalue weighted by molar-refractivity contribution is 0.666. The van der Waals surface area contributed by atoms with Gasteiger partial charge >= 0.3 is 0 Å². The van der Waals surface area contributed by atoms with Crippen molar-refractivity contribution in [3.05, 3.63) is 235 Å². The standard InChI is InChI=1S/C56H39NO/c1-56(50-21-11-8-18-47(50)48-19-9-12-22-51(48)56)52-36-43(37-54-55(52)49-20-10-13-23-53(49)58-54)42-28-34-46(35-29-42)57(44-30-24-40(25-31-44)38-14-4-2-5-15-38)45-32-26-41(27-33-45)39-16-6-3-7-17-39/h2-37H,1H3. The molecule has 0 spiro atoms. The minimum absolute atomic E-state index is 0.386. The van der Waals surface area contributed by atoms with Gasteiger partial charge in [0.1, 0.15) is 11.2 Å². The van der Waals surface area contributed by atoms with Gasteiger partial charge in [0.05, 0.1) is 0 Å². The van der Waals surface area contributed by atoms with Crippen LogP contribution in [-0.2, 0) is 5.41 Å². The number of hydrogen-bond donors (Lipinski definition) is 0. The SMILES string of the molecule is CC1(c2cc(-c3ccc(N(c4ccc(-c5ccccc5)cc4)c4ccc(-c5ccccc5)cc4)cc3)cc3oc4ccccc4c23)c2ccccc2-c2ccccc21. The smallest absolute Gasteiger partial charge is 0.136 e. The summed E-state index contributed by atoms with van der Waals surface area (Å²) >= 11 is 0. The van der Waals surface area contributed by atoms with Crippen LogP contribution < -0.4 is 4.90 Å². The van der Waals surface area contributed by atoms with Crippen molar-refractivity contribution in [2.45, 2.75) is 12.3 Å². The van der Waals surface area contributed by atoms with Crippen molar-refractivity contribution in [3.8, 4) is 44.5 Å². The lowest BCUT2D eigenvalue weighted by Gasteiger charge is -2.30. The van der Waals surface area contributed by atoms with Crippen molar-refractivity contribution in [1.82, 2.24) is 0 Å². The highest BCUT2D eigenvalue weighted by Crippen LogP contribution is 2.55. The van der Waals surface area contributed by atoms with Crippen molar-refractivity contribution in [1.29, 1.82) is 0 Å². The van der Waals surface area contributed by atoms with Crippen molar-refractivity contribution >= 4 is 39.0 Å². The fourth-order valence-electron chi connectivity index (χ4n) is 9.28. The maximum absolute atomic E-state index is 6.69. The zero-order chi connectivity index (χ0) is 38.6. The summed E-state index contributed by atoms with van der Waals surface area (Å²) in [6.07, 6.45) is 0. The third kappa shape index (κ3) is 5.49. The Morgan fingerprint density at radius 3 is 1.28 bits per heavy atom. The summed E-state index contributed by atoms with van der Waals surface area (Å²) in [6.45, 7) is 2.39. The Labute approximate surface area is 338 Å². The molecule has 0 saturated heterocycles. The van der Waals surface area contributed by atoms with E-state index in [1.54, 1.807) is 0 Å². The highest BCUT2D eigenvalue weighted by atomic mass is 16.3. The van der Waals surface area contributed by atoms with E-state index in [9.17, 15) is 0 Å². The molecule has 0 fully saturated rings. The van der Waals surface area contributed by atoms with Gasteiger partial charge in [0.15, 0.2) is 0 Å². The predicted molar refractivity (Wildman–Crippen MR) is 242 cm³/mol. The molecule has 0 aliphatic heterocycles. The van der Waals surface area contributed by atoms with Gasteiger partial charge in [-0.2, -0.15) is 0 Å². The molecule has 274 valence electrons. The summed E-state index contributed by atoms with van der Waals surface area (Å²) in [4.78, 5) is 2.34. The molecule has 0 amide bonds. The van der Waals surface area contributed by atoms with E-state index < -0.39 is 0 Å². The lowest BCUT2D eigenvalue weighted by Crippen LogP contribution is -2.22. The number of fused-ring (bicyclic) bond motifs is 6. The van der Waals surface area contributed by atoms with Crippen molar-refractivity contribution < 1.29 is 4.42 Å². The first kappa shape index (κ1) is 33.9. The largest absolute Gasteiger partial charge is 0.456 e. The fraction of sp³-hybridized carbons (Fsp3) is 0.0357. The summed E-state index contributed by atoms with van der Waals surface area (Å²) in [6, 6.07) is 78.8. The first-order valence-corrected chi connectivity index (χ1v) is 20.0. The third-order valence-electron chi connectivity index (χ3n) is 12.2. The van der Waals surface area contributed by atoms with E-state index in [1.165, 1.54) is 55.5 Å². The molecular weight excluding hydrogens is 703 g/mol. The molecule has 2 heteroatoms. The van der Waals surface area contributed by atoms with Crippen LogP contribution >= 0.6 is 0 Å². The zero-order valence-electron chi connectivity index (χ0n) is 32.1. The molecule has 1 heterocycles. The summed E-state index contributed by atoms with van der Waals surface area (Å²) in [7, 11) is 0. The van der Waals surface area contributed by atoms with E-state index in [0.717, 1.165) is 44.7 Å². The second-order valence-corrected chi connectivity index (χ2v) is 15.4. The molecule has 11 rings (SSSR count). The summed E-state index contributed by atoms with van der Waals surface area (Å²) in [5.41, 5.74) is 18.2. The number of anilines is 3. The fourth-order valence-corrected chi connectivity index (χ4v) is 9.28. The second kappa shape index (κ2) is 13.7. The van der Waals surface area contributed by atoms with Crippen LogP contribution in [0.3, 0.4) is 0 Å². The van der Waals surface area contributed by atoms with Crippen LogP contribution in [-0.4, -0.2) is 0 Å². The number of rotatable bonds is 7. The van der Waals surface area contributed by atoms with Gasteiger partial charge in [-0.15, -0.1) is 0 Å². The first-order chi connectivity index (χ1) is 28.6. The van der Waals surface area contributed by atoms with Gasteiger partial charge < -0.3 is 9.32 Å². The Balaban J connectivity index is 1.04. The van der Waals surface area contributed by atoms with Crippen LogP contribution in [0.15, 0.2) is 223 Å². The number of furan rings is 1. The average Bonchev–Trinajstić information content (AvgIpc) is 3.81. The highest BCUT2D eigenvalue weighted by Gasteiger charge is 2.42. The van der Waals surface area contributed by atoms with Crippen LogP contribution in [0.5, 0.6) is 0 Å². The van der Waals surface area contributed by atoms with Gasteiger partial charge in [-0.05, 0) is 123 Å². The molecule has 0 unspecified atom stereocenters. The number of benzene rings is 9. The highest BCUT2D eigenvalue weighted by molar-refractivity contribution is 6.09. The van der Waals surface area contributed by atoms with Crippen LogP contribution in [0.2, 0.25) is 0 Å². The minimum atomic E-state index is -0.386. The quantitative estimate of drug-likeness (QED) is 0.162.